The predicted octanol–water partition coefficient (Wildman–Crippen LogP) is 1.75. The summed E-state index contributed by atoms with van der Waals surface area (Å²) < 4.78 is 0. The standard InChI is InChI=1S/C9H9N.C2H2O3/c1-7-6-8-4-2-3-5-9(8)10-7;3-1-2(4)5/h2-6,10H,1H3;1H,(H,4,5). The number of hydrogen-bond donors (Lipinski definition) is 2. The van der Waals surface area contributed by atoms with Gasteiger partial charge in [0.1, 0.15) is 0 Å². The van der Waals surface area contributed by atoms with Gasteiger partial charge in [0.15, 0.2) is 0 Å². The molecule has 1 aromatic carbocycles. The van der Waals surface area contributed by atoms with Crippen LogP contribution in [0.1, 0.15) is 5.69 Å². The molecular weight excluding hydrogens is 194 g/mol. The number of hydrogen-bond acceptors (Lipinski definition) is 2. The summed E-state index contributed by atoms with van der Waals surface area (Å²) in [6.07, 6.45) is -0.167. The average molecular weight is 205 g/mol. The van der Waals surface area contributed by atoms with Crippen molar-refractivity contribution >= 4 is 23.2 Å². The number of aldehydes is 1. The van der Waals surface area contributed by atoms with Gasteiger partial charge in [0.2, 0.25) is 6.29 Å². The van der Waals surface area contributed by atoms with E-state index in [1.807, 2.05) is 6.07 Å². The number of carbonyl (C=O) groups is 2. The summed E-state index contributed by atoms with van der Waals surface area (Å²) in [5.74, 6) is -1.43. The van der Waals surface area contributed by atoms with E-state index in [-0.39, 0.29) is 6.29 Å². The highest BCUT2D eigenvalue weighted by atomic mass is 16.4. The van der Waals surface area contributed by atoms with Crippen molar-refractivity contribution in [2.24, 2.45) is 0 Å². The smallest absolute Gasteiger partial charge is 0.368 e. The van der Waals surface area contributed by atoms with Crippen molar-refractivity contribution in [3.63, 3.8) is 0 Å². The lowest BCUT2D eigenvalue weighted by Crippen LogP contribution is -1.91. The molecule has 0 aliphatic rings. The molecule has 0 unspecified atom stereocenters. The van der Waals surface area contributed by atoms with Gasteiger partial charge in [0.25, 0.3) is 0 Å². The van der Waals surface area contributed by atoms with Crippen molar-refractivity contribution in [3.05, 3.63) is 36.0 Å². The number of carboxylic acid groups (broad SMARTS) is 1. The van der Waals surface area contributed by atoms with Crippen molar-refractivity contribution in [2.45, 2.75) is 6.92 Å². The van der Waals surface area contributed by atoms with Crippen LogP contribution in [0.15, 0.2) is 30.3 Å². The van der Waals surface area contributed by atoms with Crippen LogP contribution in [0.2, 0.25) is 0 Å². The third-order valence-electron chi connectivity index (χ3n) is 1.77. The van der Waals surface area contributed by atoms with E-state index in [0.29, 0.717) is 0 Å². The first kappa shape index (κ1) is 11.0. The second-order valence-electron chi connectivity index (χ2n) is 3.00. The Morgan fingerprint density at radius 2 is 2.00 bits per heavy atom. The number of aromatic amines is 1. The van der Waals surface area contributed by atoms with E-state index in [0.717, 1.165) is 0 Å². The molecular formula is C11H11NO3. The molecule has 0 aliphatic heterocycles. The third-order valence-corrected chi connectivity index (χ3v) is 1.77. The highest BCUT2D eigenvalue weighted by molar-refractivity contribution is 6.19. The zero-order chi connectivity index (χ0) is 11.3. The molecule has 4 heteroatoms. The van der Waals surface area contributed by atoms with Gasteiger partial charge in [-0.1, -0.05) is 18.2 Å². The summed E-state index contributed by atoms with van der Waals surface area (Å²) in [6, 6.07) is 10.4. The lowest BCUT2D eigenvalue weighted by atomic mass is 10.2. The highest BCUT2D eigenvalue weighted by Crippen LogP contribution is 2.12. The molecule has 2 rings (SSSR count). The summed E-state index contributed by atoms with van der Waals surface area (Å²) in [4.78, 5) is 21.2. The second kappa shape index (κ2) is 4.95. The first-order valence-electron chi connectivity index (χ1n) is 4.36. The number of nitrogens with one attached hydrogen (secondary N) is 1. The Kier molecular flexibility index (Phi) is 3.62. The normalized spacial score (nSPS) is 9.13. The van der Waals surface area contributed by atoms with Crippen LogP contribution in [0.5, 0.6) is 0 Å². The largest absolute Gasteiger partial charge is 0.476 e. The molecule has 0 radical (unpaired) electrons. The van der Waals surface area contributed by atoms with Crippen LogP contribution >= 0.6 is 0 Å². The number of aliphatic carboxylic acids is 1. The molecule has 1 aromatic heterocycles. The monoisotopic (exact) mass is 205 g/mol. The Morgan fingerprint density at radius 3 is 2.53 bits per heavy atom. The van der Waals surface area contributed by atoms with Crippen molar-refractivity contribution in [2.75, 3.05) is 0 Å². The van der Waals surface area contributed by atoms with Crippen LogP contribution < -0.4 is 0 Å². The van der Waals surface area contributed by atoms with E-state index in [1.54, 1.807) is 0 Å². The van der Waals surface area contributed by atoms with Gasteiger partial charge >= 0.3 is 5.97 Å². The van der Waals surface area contributed by atoms with Gasteiger partial charge in [-0.2, -0.15) is 0 Å². The van der Waals surface area contributed by atoms with Crippen LogP contribution in [0, 0.1) is 6.92 Å². The SMILES string of the molecule is Cc1cc2ccccc2[nH]1.O=CC(=O)O. The van der Waals surface area contributed by atoms with Gasteiger partial charge in [-0.25, -0.2) is 4.79 Å². The summed E-state index contributed by atoms with van der Waals surface area (Å²) in [6.45, 7) is 2.07. The molecule has 0 fully saturated rings. The molecule has 2 aromatic rings. The number of aromatic nitrogens is 1. The van der Waals surface area contributed by atoms with Crippen LogP contribution in [0.4, 0.5) is 0 Å². The fourth-order valence-corrected chi connectivity index (χ4v) is 1.22. The number of rotatable bonds is 1. The maximum atomic E-state index is 9.00. The minimum Gasteiger partial charge on any atom is -0.476 e. The Labute approximate surface area is 86.5 Å². The lowest BCUT2D eigenvalue weighted by Gasteiger charge is -1.83. The molecule has 4 nitrogen and oxygen atoms in total. The molecule has 0 aliphatic carbocycles. The van der Waals surface area contributed by atoms with Gasteiger partial charge < -0.3 is 10.1 Å². The number of benzene rings is 1. The van der Waals surface area contributed by atoms with Crippen molar-refractivity contribution < 1.29 is 14.7 Å². The second-order valence-corrected chi connectivity index (χ2v) is 3.00. The van der Waals surface area contributed by atoms with E-state index in [9.17, 15) is 0 Å². The summed E-state index contributed by atoms with van der Waals surface area (Å²) in [5, 5.41) is 8.65. The van der Waals surface area contributed by atoms with Gasteiger partial charge in [-0.05, 0) is 24.4 Å². The minimum atomic E-state index is -1.43. The quantitative estimate of drug-likeness (QED) is 0.550. The molecule has 78 valence electrons. The Bertz CT molecular complexity index is 440. The maximum Gasteiger partial charge on any atom is 0.368 e. The zero-order valence-electron chi connectivity index (χ0n) is 8.23. The van der Waals surface area contributed by atoms with Gasteiger partial charge in [0, 0.05) is 11.2 Å². The van der Waals surface area contributed by atoms with Gasteiger partial charge in [-0.15, -0.1) is 0 Å². The van der Waals surface area contributed by atoms with E-state index in [2.05, 4.69) is 36.2 Å². The molecule has 0 amide bonds. The highest BCUT2D eigenvalue weighted by Gasteiger charge is 1.92. The summed E-state index contributed by atoms with van der Waals surface area (Å²) in [7, 11) is 0. The number of carbonyl (C=O) groups excluding carboxylic acids is 1. The molecule has 0 spiro atoms. The summed E-state index contributed by atoms with van der Waals surface area (Å²) >= 11 is 0. The first-order chi connectivity index (χ1) is 7.13. The average Bonchev–Trinajstić information content (AvgIpc) is 2.58. The van der Waals surface area contributed by atoms with Crippen molar-refractivity contribution in [1.29, 1.82) is 0 Å². The molecule has 0 saturated heterocycles. The van der Waals surface area contributed by atoms with E-state index >= 15 is 0 Å². The number of para-hydroxylation sites is 1. The fourth-order valence-electron chi connectivity index (χ4n) is 1.22. The predicted molar refractivity (Wildman–Crippen MR) is 56.7 cm³/mol. The number of fused-ring (bicyclic) bond motifs is 1. The lowest BCUT2D eigenvalue weighted by molar-refractivity contribution is -0.143. The zero-order valence-corrected chi connectivity index (χ0v) is 8.23. The molecule has 1 heterocycles. The van der Waals surface area contributed by atoms with Crippen LogP contribution in [0.3, 0.4) is 0 Å². The fraction of sp³-hybridized carbons (Fsp3) is 0.0909. The molecule has 0 bridgehead atoms. The molecule has 0 saturated carbocycles. The Morgan fingerprint density at radius 1 is 1.40 bits per heavy atom. The van der Waals surface area contributed by atoms with Crippen molar-refractivity contribution in [3.8, 4) is 0 Å². The Balaban J connectivity index is 0.000000195. The van der Waals surface area contributed by atoms with E-state index in [4.69, 9.17) is 14.7 Å². The van der Waals surface area contributed by atoms with Crippen LogP contribution in [-0.2, 0) is 9.59 Å². The van der Waals surface area contributed by atoms with E-state index in [1.165, 1.54) is 16.6 Å². The van der Waals surface area contributed by atoms with Crippen LogP contribution in [-0.4, -0.2) is 22.3 Å². The van der Waals surface area contributed by atoms with Gasteiger partial charge in [0.05, 0.1) is 0 Å². The minimum absolute atomic E-state index is 0.167. The number of aryl methyl sites for hydroxylation is 1. The number of H-pyrrole nitrogens is 1. The number of carboxylic acids is 1. The van der Waals surface area contributed by atoms with Gasteiger partial charge in [-0.3, -0.25) is 4.79 Å². The van der Waals surface area contributed by atoms with Crippen molar-refractivity contribution in [1.82, 2.24) is 4.98 Å². The van der Waals surface area contributed by atoms with Crippen LogP contribution in [0.25, 0.3) is 10.9 Å². The summed E-state index contributed by atoms with van der Waals surface area (Å²) in [5.41, 5.74) is 2.45. The molecule has 2 N–H and O–H groups in total. The Hall–Kier alpha value is -2.10. The first-order valence-corrected chi connectivity index (χ1v) is 4.36. The maximum absolute atomic E-state index is 9.00. The molecule has 15 heavy (non-hydrogen) atoms. The van der Waals surface area contributed by atoms with E-state index < -0.39 is 5.97 Å². The topological polar surface area (TPSA) is 70.2 Å². The third kappa shape index (κ3) is 3.27. The molecule has 0 atom stereocenters.